The van der Waals surface area contributed by atoms with Crippen LogP contribution in [0.4, 0.5) is 0 Å². The van der Waals surface area contributed by atoms with Crippen molar-refractivity contribution in [3.8, 4) is 17.1 Å². The molecule has 0 bridgehead atoms. The van der Waals surface area contributed by atoms with Gasteiger partial charge in [-0.3, -0.25) is 4.98 Å². The van der Waals surface area contributed by atoms with Crippen LogP contribution in [-0.2, 0) is 11.2 Å². The molecule has 27 heavy (non-hydrogen) atoms. The van der Waals surface area contributed by atoms with E-state index in [1.807, 2.05) is 18.6 Å². The Morgan fingerprint density at radius 1 is 1.11 bits per heavy atom. The molecule has 4 rings (SSSR count). The monoisotopic (exact) mass is 363 g/mol. The number of aromatic nitrogens is 3. The lowest BCUT2D eigenvalue weighted by molar-refractivity contribution is 0.181. The van der Waals surface area contributed by atoms with E-state index in [0.29, 0.717) is 12.5 Å². The summed E-state index contributed by atoms with van der Waals surface area (Å²) in [6.07, 6.45) is 8.65. The number of nitrogens with zero attached hydrogens (tertiary/aromatic N) is 3. The van der Waals surface area contributed by atoms with Gasteiger partial charge in [-0.2, -0.15) is 0 Å². The zero-order chi connectivity index (χ0) is 18.8. The summed E-state index contributed by atoms with van der Waals surface area (Å²) >= 11 is 0. The molecule has 0 amide bonds. The molecular weight excluding hydrogens is 338 g/mol. The standard InChI is InChI=1S/C22H25N3O2/c1-15-11-21(26-3)16(2)10-19(15)22-24-8-9-25(22)20-14-27-13-18(20)12-17-4-6-23-7-5-17/h4-11,18,20H,12-14H2,1-3H3/t18-,20-/m1/s1. The molecule has 5 nitrogen and oxygen atoms in total. The van der Waals surface area contributed by atoms with Crippen molar-refractivity contribution in [1.29, 1.82) is 0 Å². The maximum Gasteiger partial charge on any atom is 0.140 e. The van der Waals surface area contributed by atoms with E-state index in [1.165, 1.54) is 5.56 Å². The number of benzene rings is 1. The van der Waals surface area contributed by atoms with Gasteiger partial charge < -0.3 is 14.0 Å². The van der Waals surface area contributed by atoms with Crippen molar-refractivity contribution in [3.05, 3.63) is 65.7 Å². The second-order valence-corrected chi connectivity index (χ2v) is 7.22. The molecule has 1 aliphatic rings. The highest BCUT2D eigenvalue weighted by Gasteiger charge is 2.31. The van der Waals surface area contributed by atoms with Gasteiger partial charge in [0.1, 0.15) is 11.6 Å². The largest absolute Gasteiger partial charge is 0.496 e. The molecule has 3 heterocycles. The Balaban J connectivity index is 1.66. The van der Waals surface area contributed by atoms with Gasteiger partial charge in [-0.15, -0.1) is 0 Å². The molecule has 1 fully saturated rings. The van der Waals surface area contributed by atoms with E-state index in [-0.39, 0.29) is 6.04 Å². The minimum absolute atomic E-state index is 0.275. The quantitative estimate of drug-likeness (QED) is 0.687. The highest BCUT2D eigenvalue weighted by molar-refractivity contribution is 5.64. The van der Waals surface area contributed by atoms with Crippen LogP contribution in [0.25, 0.3) is 11.4 Å². The van der Waals surface area contributed by atoms with E-state index in [9.17, 15) is 0 Å². The third kappa shape index (κ3) is 3.47. The smallest absolute Gasteiger partial charge is 0.140 e. The summed E-state index contributed by atoms with van der Waals surface area (Å²) in [6, 6.07) is 8.70. The average Bonchev–Trinajstić information content (AvgIpc) is 3.33. The Kier molecular flexibility index (Phi) is 4.94. The molecule has 2 aromatic heterocycles. The van der Waals surface area contributed by atoms with Crippen LogP contribution in [0, 0.1) is 19.8 Å². The normalized spacial score (nSPS) is 19.4. The molecule has 1 saturated heterocycles. The van der Waals surface area contributed by atoms with Gasteiger partial charge in [-0.1, -0.05) is 0 Å². The number of pyridine rings is 1. The van der Waals surface area contributed by atoms with Crippen LogP contribution >= 0.6 is 0 Å². The van der Waals surface area contributed by atoms with E-state index in [1.54, 1.807) is 7.11 Å². The van der Waals surface area contributed by atoms with Crippen molar-refractivity contribution >= 4 is 0 Å². The Morgan fingerprint density at radius 2 is 1.93 bits per heavy atom. The fraction of sp³-hybridized carbons (Fsp3) is 0.364. The molecule has 140 valence electrons. The summed E-state index contributed by atoms with van der Waals surface area (Å²) in [6.45, 7) is 5.66. The molecule has 0 saturated carbocycles. The number of rotatable bonds is 5. The molecule has 3 aromatic rings. The summed E-state index contributed by atoms with van der Waals surface area (Å²) in [5, 5.41) is 0. The highest BCUT2D eigenvalue weighted by atomic mass is 16.5. The van der Waals surface area contributed by atoms with E-state index in [4.69, 9.17) is 9.47 Å². The lowest BCUT2D eigenvalue weighted by atomic mass is 9.94. The summed E-state index contributed by atoms with van der Waals surface area (Å²) in [5.74, 6) is 2.32. The molecular formula is C22H25N3O2. The second-order valence-electron chi connectivity index (χ2n) is 7.22. The first kappa shape index (κ1) is 17.7. The lowest BCUT2D eigenvalue weighted by Crippen LogP contribution is -2.20. The highest BCUT2D eigenvalue weighted by Crippen LogP contribution is 2.35. The van der Waals surface area contributed by atoms with Gasteiger partial charge in [0.2, 0.25) is 0 Å². The lowest BCUT2D eigenvalue weighted by Gasteiger charge is -2.22. The number of hydrogen-bond acceptors (Lipinski definition) is 4. The SMILES string of the molecule is COc1cc(C)c(-c2nccn2[C@@H]2COC[C@H]2Cc2ccncc2)cc1C. The van der Waals surface area contributed by atoms with Gasteiger partial charge in [0.25, 0.3) is 0 Å². The van der Waals surface area contributed by atoms with E-state index in [0.717, 1.165) is 41.3 Å². The molecule has 5 heteroatoms. The van der Waals surface area contributed by atoms with Crippen molar-refractivity contribution in [2.24, 2.45) is 5.92 Å². The maximum atomic E-state index is 5.86. The van der Waals surface area contributed by atoms with Crippen molar-refractivity contribution in [1.82, 2.24) is 14.5 Å². The molecule has 1 aliphatic heterocycles. The predicted molar refractivity (Wildman–Crippen MR) is 105 cm³/mol. The Hall–Kier alpha value is -2.66. The average molecular weight is 363 g/mol. The van der Waals surface area contributed by atoms with Crippen molar-refractivity contribution in [2.45, 2.75) is 26.3 Å². The van der Waals surface area contributed by atoms with Gasteiger partial charge >= 0.3 is 0 Å². The van der Waals surface area contributed by atoms with Crippen molar-refractivity contribution < 1.29 is 9.47 Å². The Bertz CT molecular complexity index is 921. The first-order valence-electron chi connectivity index (χ1n) is 9.32. The summed E-state index contributed by atoms with van der Waals surface area (Å²) < 4.78 is 13.6. The van der Waals surface area contributed by atoms with Crippen LogP contribution in [0.15, 0.2) is 49.1 Å². The number of methoxy groups -OCH3 is 1. The number of ether oxygens (including phenoxy) is 2. The number of aryl methyl sites for hydroxylation is 2. The molecule has 0 aliphatic carbocycles. The van der Waals surface area contributed by atoms with Gasteiger partial charge in [-0.25, -0.2) is 4.98 Å². The van der Waals surface area contributed by atoms with Crippen molar-refractivity contribution in [2.75, 3.05) is 20.3 Å². The number of hydrogen-bond donors (Lipinski definition) is 0. The van der Waals surface area contributed by atoms with Crippen LogP contribution in [0.5, 0.6) is 5.75 Å². The van der Waals surface area contributed by atoms with E-state index >= 15 is 0 Å². The minimum atomic E-state index is 0.275. The fourth-order valence-electron chi connectivity index (χ4n) is 3.95. The maximum absolute atomic E-state index is 5.86. The van der Waals surface area contributed by atoms with Crippen LogP contribution in [0.3, 0.4) is 0 Å². The minimum Gasteiger partial charge on any atom is -0.496 e. The van der Waals surface area contributed by atoms with Crippen LogP contribution in [0.1, 0.15) is 22.7 Å². The predicted octanol–water partition coefficient (Wildman–Crippen LogP) is 4.00. The van der Waals surface area contributed by atoms with Gasteiger partial charge in [0.15, 0.2) is 0 Å². The van der Waals surface area contributed by atoms with Crippen LogP contribution in [0.2, 0.25) is 0 Å². The van der Waals surface area contributed by atoms with E-state index in [2.05, 4.69) is 58.8 Å². The molecule has 1 aromatic carbocycles. The Morgan fingerprint density at radius 3 is 2.70 bits per heavy atom. The summed E-state index contributed by atoms with van der Waals surface area (Å²) in [7, 11) is 1.71. The first-order valence-corrected chi connectivity index (χ1v) is 9.32. The first-order chi connectivity index (χ1) is 13.2. The third-order valence-corrected chi connectivity index (χ3v) is 5.42. The van der Waals surface area contributed by atoms with Crippen LogP contribution < -0.4 is 4.74 Å². The molecule has 0 N–H and O–H groups in total. The fourth-order valence-corrected chi connectivity index (χ4v) is 3.95. The number of imidazole rings is 1. The zero-order valence-electron chi connectivity index (χ0n) is 16.1. The molecule has 2 atom stereocenters. The van der Waals surface area contributed by atoms with E-state index < -0.39 is 0 Å². The van der Waals surface area contributed by atoms with Gasteiger partial charge in [-0.05, 0) is 61.2 Å². The third-order valence-electron chi connectivity index (χ3n) is 5.42. The summed E-state index contributed by atoms with van der Waals surface area (Å²) in [5.41, 5.74) is 4.72. The topological polar surface area (TPSA) is 49.2 Å². The second kappa shape index (κ2) is 7.53. The Labute approximate surface area is 160 Å². The summed E-state index contributed by atoms with van der Waals surface area (Å²) in [4.78, 5) is 8.80. The molecule has 0 spiro atoms. The zero-order valence-corrected chi connectivity index (χ0v) is 16.1. The van der Waals surface area contributed by atoms with Gasteiger partial charge in [0, 0.05) is 36.3 Å². The molecule has 0 radical (unpaired) electrons. The van der Waals surface area contributed by atoms with Gasteiger partial charge in [0.05, 0.1) is 26.4 Å². The molecule has 0 unspecified atom stereocenters. The van der Waals surface area contributed by atoms with Crippen molar-refractivity contribution in [3.63, 3.8) is 0 Å². The van der Waals surface area contributed by atoms with Crippen LogP contribution in [-0.4, -0.2) is 34.9 Å².